The van der Waals surface area contributed by atoms with Crippen LogP contribution in [-0.4, -0.2) is 272 Å². The van der Waals surface area contributed by atoms with Gasteiger partial charge in [-0.2, -0.15) is 0 Å². The molecule has 0 aromatic carbocycles. The lowest BCUT2D eigenvalue weighted by Gasteiger charge is -2.46. The van der Waals surface area contributed by atoms with Crippen LogP contribution < -0.4 is 16.0 Å². The Kier molecular flexibility index (Phi) is 41.6. The van der Waals surface area contributed by atoms with E-state index in [4.69, 9.17) is 21.8 Å². The van der Waals surface area contributed by atoms with Gasteiger partial charge in [0.05, 0.1) is 38.1 Å². The van der Waals surface area contributed by atoms with E-state index in [-0.39, 0.29) is 34.2 Å². The summed E-state index contributed by atoms with van der Waals surface area (Å²) in [6.45, 7) is 33.6. The average Bonchev–Trinajstić information content (AvgIpc) is 3.53. The number of piperidine rings is 1. The molecule has 0 amide bonds. The zero-order chi connectivity index (χ0) is 44.6. The molecule has 4 bridgehead atoms. The number of fused-ring (bicyclic) bond motifs is 7. The Hall–Kier alpha value is -0.210. The van der Waals surface area contributed by atoms with E-state index in [0.717, 1.165) is 105 Å². The molecule has 9 fully saturated rings. The second-order valence-electron chi connectivity index (χ2n) is 16.2. The van der Waals surface area contributed by atoms with Crippen molar-refractivity contribution in [3.8, 4) is 0 Å². The number of hydrogen-bond acceptors (Lipinski definition) is 16. The number of aliphatic hydroxyl groups is 7. The van der Waals surface area contributed by atoms with E-state index in [9.17, 15) is 15.3 Å². The van der Waals surface area contributed by atoms with Gasteiger partial charge in [-0.05, 0) is 52.6 Å². The van der Waals surface area contributed by atoms with Crippen molar-refractivity contribution in [2.24, 2.45) is 5.92 Å². The normalized spacial score (nSPS) is 32.8. The summed E-state index contributed by atoms with van der Waals surface area (Å²) in [5.41, 5.74) is 0. The standard InChI is InChI=1S/2C8H18N2O2.C8H16N2O.C7H14N2O.C6H13N.C2H6.CH4O.CH5P.2CH4/c1-7-4-10(3-2-9-7)5-8(12)6-11;1-7-4-9-2-3-10(7)5-8(12)6-11;1-7-4-9-2-3-10(7)6-8(11)5-9;10-6-7-5-8-1-3-9(7)4-2-8;1-6-3-2-4-7-5-6;3*1-2;;/h2*7-9,11-12H,2-6H2,1H3;7-8,11H,2-6H2,1H3;7,10H,1-6H2;6-7H,2-5H2,1H3;1-2H3;2H,1H3;2H2,1H3;2*1H4/i;;;;;;;1D;;. The van der Waals surface area contributed by atoms with Crippen molar-refractivity contribution in [3.05, 3.63) is 0 Å². The van der Waals surface area contributed by atoms with Gasteiger partial charge in [-0.1, -0.05) is 42.3 Å². The third-order valence-corrected chi connectivity index (χ3v) is 11.3. The van der Waals surface area contributed by atoms with Crippen LogP contribution in [0.5, 0.6) is 0 Å². The summed E-state index contributed by atoms with van der Waals surface area (Å²) in [6, 6.07) is 2.02. The minimum absolute atomic E-state index is 0. The van der Waals surface area contributed by atoms with Crippen LogP contribution in [0.3, 0.4) is 0 Å². The van der Waals surface area contributed by atoms with Gasteiger partial charge in [0.2, 0.25) is 0 Å². The Morgan fingerprint density at radius 1 is 0.683 bits per heavy atom. The highest BCUT2D eigenvalue weighted by Crippen LogP contribution is 2.16. The van der Waals surface area contributed by atoms with Gasteiger partial charge in [-0.25, -0.2) is 0 Å². The SMILES string of the molecule is C.C.CC.CC1CCCNC1.CC1CN(CC(O)CO)CCN1.CC1CN2CCN1CC(O)C2.CC1CNCCN1CC(O)CO.CO.OCC1CN2CCN1CC2.[2H]CP. The molecule has 0 aromatic rings. The summed E-state index contributed by atoms with van der Waals surface area (Å²) < 4.78 is 6.17. The Labute approximate surface area is 373 Å². The van der Waals surface area contributed by atoms with Crippen LogP contribution in [0, 0.1) is 5.92 Å². The minimum atomic E-state index is -0.592. The molecule has 11 atom stereocenters. The molecular weight excluding hydrogens is 786 g/mol. The number of β-amino-alcohol motifs (C(OH)–C–C–N with tert-alkyl or cyclic N) is 2. The van der Waals surface area contributed by atoms with E-state index >= 15 is 0 Å². The number of piperazine rings is 6. The van der Waals surface area contributed by atoms with E-state index in [0.29, 0.717) is 50.5 Å². The second-order valence-corrected chi connectivity index (χ2v) is 16.2. The van der Waals surface area contributed by atoms with Gasteiger partial charge in [0.1, 0.15) is 0 Å². The van der Waals surface area contributed by atoms with Gasteiger partial charge < -0.3 is 51.7 Å². The molecule has 9 saturated heterocycles. The summed E-state index contributed by atoms with van der Waals surface area (Å²) >= 11 is 0. The van der Waals surface area contributed by atoms with Gasteiger partial charge in [-0.3, -0.25) is 29.4 Å². The average molecular weight is 889 g/mol. The van der Waals surface area contributed by atoms with Gasteiger partial charge in [-0.15, -0.1) is 9.24 Å². The highest BCUT2D eigenvalue weighted by atomic mass is 31.0. The molecule has 10 N–H and O–H groups in total. The number of nitrogens with one attached hydrogen (secondary N) is 3. The van der Waals surface area contributed by atoms with Crippen molar-refractivity contribution >= 4 is 9.24 Å². The van der Waals surface area contributed by atoms with E-state index in [1.54, 1.807) is 0 Å². The van der Waals surface area contributed by atoms with Crippen LogP contribution >= 0.6 is 9.24 Å². The smallest absolute Gasteiger partial charge is 0.0897 e. The van der Waals surface area contributed by atoms with Crippen molar-refractivity contribution in [1.82, 2.24) is 45.3 Å². The van der Waals surface area contributed by atoms with Crippen molar-refractivity contribution in [3.63, 3.8) is 0 Å². The van der Waals surface area contributed by atoms with E-state index in [1.165, 1.54) is 39.0 Å². The highest BCUT2D eigenvalue weighted by molar-refractivity contribution is 7.15. The number of rotatable bonds is 7. The molecule has 366 valence electrons. The van der Waals surface area contributed by atoms with E-state index in [1.807, 2.05) is 13.8 Å². The van der Waals surface area contributed by atoms with Crippen molar-refractivity contribution in [1.29, 1.82) is 0 Å². The molecule has 11 unspecified atom stereocenters. The van der Waals surface area contributed by atoms with Crippen molar-refractivity contribution in [2.75, 3.05) is 164 Å². The molecule has 0 spiro atoms. The summed E-state index contributed by atoms with van der Waals surface area (Å²) in [6.07, 6.45) is 1.50. The molecule has 17 heteroatoms. The fraction of sp³-hybridized carbons (Fsp3) is 1.00. The summed E-state index contributed by atoms with van der Waals surface area (Å²) in [5, 5.41) is 71.1. The lowest BCUT2D eigenvalue weighted by molar-refractivity contribution is -0.0104. The maximum Gasteiger partial charge on any atom is 0.0897 e. The first-order valence-electron chi connectivity index (χ1n) is 23.0. The Bertz CT molecular complexity index is 938. The van der Waals surface area contributed by atoms with Crippen molar-refractivity contribution in [2.45, 2.75) is 112 Å². The van der Waals surface area contributed by atoms with E-state index < -0.39 is 12.2 Å². The molecule has 0 aromatic heterocycles. The first-order chi connectivity index (χ1) is 28.4. The topological polar surface area (TPSA) is 197 Å². The van der Waals surface area contributed by atoms with E-state index in [2.05, 4.69) is 82.3 Å². The molecule has 60 heavy (non-hydrogen) atoms. The highest BCUT2D eigenvalue weighted by Gasteiger charge is 2.31. The Balaban J connectivity index is -0.000000663. The molecule has 9 rings (SSSR count). The van der Waals surface area contributed by atoms with Crippen LogP contribution in [0.15, 0.2) is 0 Å². The first-order valence-corrected chi connectivity index (χ1v) is 23.1. The maximum atomic E-state index is 9.50. The molecular formula is C43H102N9O7P. The van der Waals surface area contributed by atoms with Crippen LogP contribution in [0.2, 0.25) is 0 Å². The molecule has 9 aliphatic rings. The lowest BCUT2D eigenvalue weighted by atomic mass is 10.0. The quantitative estimate of drug-likeness (QED) is 0.140. The maximum absolute atomic E-state index is 9.50. The van der Waals surface area contributed by atoms with Crippen LogP contribution in [-0.2, 0) is 0 Å². The molecule has 0 radical (unpaired) electrons. The summed E-state index contributed by atoms with van der Waals surface area (Å²) in [7, 11) is 3.25. The molecule has 0 aliphatic carbocycles. The van der Waals surface area contributed by atoms with Gasteiger partial charge in [0.15, 0.2) is 0 Å². The number of hydrogen-bond donors (Lipinski definition) is 10. The fourth-order valence-electron chi connectivity index (χ4n) is 8.07. The van der Waals surface area contributed by atoms with Gasteiger partial charge >= 0.3 is 0 Å². The second kappa shape index (κ2) is 40.3. The van der Waals surface area contributed by atoms with Gasteiger partial charge in [0.25, 0.3) is 0 Å². The third kappa shape index (κ3) is 27.9. The fourth-order valence-corrected chi connectivity index (χ4v) is 8.07. The van der Waals surface area contributed by atoms with Crippen molar-refractivity contribution < 1.29 is 37.1 Å². The van der Waals surface area contributed by atoms with Gasteiger partial charge in [0, 0.05) is 150 Å². The molecule has 9 heterocycles. The zero-order valence-electron chi connectivity index (χ0n) is 38.9. The van der Waals surface area contributed by atoms with Crippen LogP contribution in [0.4, 0.5) is 0 Å². The Morgan fingerprint density at radius 3 is 1.72 bits per heavy atom. The number of nitrogens with zero attached hydrogens (tertiary/aromatic N) is 6. The summed E-state index contributed by atoms with van der Waals surface area (Å²) in [4.78, 5) is 13.9. The third-order valence-electron chi connectivity index (χ3n) is 11.3. The lowest BCUT2D eigenvalue weighted by Crippen LogP contribution is -2.61. The molecule has 16 nitrogen and oxygen atoms in total. The summed E-state index contributed by atoms with van der Waals surface area (Å²) in [5.74, 6) is 0.925. The number of aliphatic hydroxyl groups excluding tert-OH is 7. The molecule has 0 saturated carbocycles. The van der Waals surface area contributed by atoms with Crippen LogP contribution in [0.1, 0.15) is 70.6 Å². The monoisotopic (exact) mass is 889 g/mol. The first kappa shape index (κ1) is 61.9. The predicted octanol–water partition coefficient (Wildman–Crippen LogP) is -0.984. The Morgan fingerprint density at radius 2 is 1.27 bits per heavy atom. The van der Waals surface area contributed by atoms with Crippen LogP contribution in [0.25, 0.3) is 0 Å². The predicted molar refractivity (Wildman–Crippen MR) is 256 cm³/mol. The molecule has 9 aliphatic heterocycles. The largest absolute Gasteiger partial charge is 0.400 e. The minimum Gasteiger partial charge on any atom is -0.400 e. The zero-order valence-corrected chi connectivity index (χ0v) is 39.0.